The van der Waals surface area contributed by atoms with Gasteiger partial charge in [0.15, 0.2) is 82.9 Å². The third kappa shape index (κ3) is 18.0. The lowest BCUT2D eigenvalue weighted by molar-refractivity contribution is -0.0368. The van der Waals surface area contributed by atoms with Gasteiger partial charge < -0.3 is 84.7 Å². The van der Waals surface area contributed by atoms with E-state index in [-0.39, 0.29) is 54.4 Å². The van der Waals surface area contributed by atoms with Crippen LogP contribution >= 0.6 is 89.9 Å². The van der Waals surface area contributed by atoms with Gasteiger partial charge in [-0.2, -0.15) is 0 Å². The lowest BCUT2D eigenvalue weighted by Gasteiger charge is -2.19. The van der Waals surface area contributed by atoms with Crippen LogP contribution in [0.1, 0.15) is 73.9 Å². The molecule has 12 heterocycles. The molecule has 0 aromatic carbocycles. The number of hydrogen-bond donors (Lipinski definition) is 13. The molecule has 4 fully saturated rings. The van der Waals surface area contributed by atoms with Crippen LogP contribution in [0.15, 0.2) is 23.9 Å². The second-order valence-electron chi connectivity index (χ2n) is 28.4. The van der Waals surface area contributed by atoms with Crippen molar-refractivity contribution in [3.8, 4) is 0 Å². The van der Waals surface area contributed by atoms with Gasteiger partial charge >= 0.3 is 0 Å². The Morgan fingerprint density at radius 3 is 1.10 bits per heavy atom. The largest absolute Gasteiger partial charge is 0.388 e. The van der Waals surface area contributed by atoms with Crippen LogP contribution in [0.5, 0.6) is 0 Å². The summed E-state index contributed by atoms with van der Waals surface area (Å²) in [7, 11) is 0. The Labute approximate surface area is 606 Å². The maximum atomic E-state index is 12.1. The van der Waals surface area contributed by atoms with Crippen LogP contribution in [0.4, 0.5) is 0 Å². The summed E-state index contributed by atoms with van der Waals surface area (Å²) >= 11 is 16.7. The Balaban J connectivity index is 0.000000156. The van der Waals surface area contributed by atoms with E-state index >= 15 is 0 Å². The number of nitrogens with one attached hydrogen (secondary N) is 5. The summed E-state index contributed by atoms with van der Waals surface area (Å²) in [4.78, 5) is 91.0. The predicted molar refractivity (Wildman–Crippen MR) is 410 cm³/mol. The molecule has 0 radical (unpaired) electrons. The molecule has 13 N–H and O–H groups in total. The van der Waals surface area contributed by atoms with Crippen molar-refractivity contribution in [2.45, 2.75) is 152 Å². The molecular weight excluding hydrogens is 1600 g/mol. The number of imidazole rings is 4. The number of aliphatic hydroxyl groups excluding tert-OH is 8. The molecule has 4 unspecified atom stereocenters. The summed E-state index contributed by atoms with van der Waals surface area (Å²) in [6.07, 6.45) is 8.00. The average molecular weight is 1690 g/mol. The van der Waals surface area contributed by atoms with Gasteiger partial charge in [0, 0.05) is 22.6 Å². The first-order valence-corrected chi connectivity index (χ1v) is 46.6. The topological polar surface area (TPSA) is 456 Å². The SMILES string of the molecule is C=P(C)(C)CC[C@H]1OC(n2c(=S)[nH]c3c(=O)[nH]c(C)nc32)[C@H](O)[C@@H]1O.C=P(C)(C)CC[C@H]1OC(n2c(Br)nc3c(=O)[nH]c(C)nc32)[C@H](O)[C@@H]1O.C=P(C)(C)CC[C@H]1OC(n2c(Cl)nc3c(=O)[nH]c(C)nc32)[C@H](O)[C@@H]1O.C=P(C)(C)CC[C@H]1OC(n2c(I)nc3c(=O)[nH]c(C)nc32)[C@H](O)[C@@H]1O. The van der Waals surface area contributed by atoms with E-state index in [0.717, 1.165) is 24.6 Å². The van der Waals surface area contributed by atoms with Crippen molar-refractivity contribution in [3.05, 3.63) is 83.3 Å². The van der Waals surface area contributed by atoms with E-state index in [1.54, 1.807) is 32.3 Å². The molecule has 0 amide bonds. The fraction of sp³-hybridized carbons (Fsp3) is 0.600. The summed E-state index contributed by atoms with van der Waals surface area (Å²) < 4.78 is 30.6. The van der Waals surface area contributed by atoms with Crippen molar-refractivity contribution in [1.29, 1.82) is 0 Å². The molecule has 12 rings (SSSR count). The van der Waals surface area contributed by atoms with Crippen LogP contribution in [0, 0.1) is 36.3 Å². The van der Waals surface area contributed by atoms with Gasteiger partial charge in [-0.25, -0.2) is 34.9 Å². The van der Waals surface area contributed by atoms with Gasteiger partial charge in [0.25, 0.3) is 22.2 Å². The fourth-order valence-corrected chi connectivity index (χ4v) is 17.5. The molecule has 8 aromatic heterocycles. The van der Waals surface area contributed by atoms with E-state index in [1.807, 2.05) is 22.6 Å². The zero-order valence-corrected chi connectivity index (χ0v) is 66.2. The minimum absolute atomic E-state index is 0.0273. The third-order valence-corrected chi connectivity index (χ3v) is 24.8. The van der Waals surface area contributed by atoms with Gasteiger partial charge in [0.2, 0.25) is 5.28 Å². The zero-order chi connectivity index (χ0) is 74.1. The highest BCUT2D eigenvalue weighted by Gasteiger charge is 2.49. The molecule has 4 aliphatic rings. The highest BCUT2D eigenvalue weighted by molar-refractivity contribution is 14.1. The minimum Gasteiger partial charge on any atom is -0.388 e. The van der Waals surface area contributed by atoms with Crippen LogP contribution < -0.4 is 22.2 Å². The van der Waals surface area contributed by atoms with Gasteiger partial charge in [-0.15, -0.1) is 52.7 Å². The molecule has 16 atom stereocenters. The van der Waals surface area contributed by atoms with Gasteiger partial charge in [-0.3, -0.25) is 37.4 Å². The second kappa shape index (κ2) is 31.1. The van der Waals surface area contributed by atoms with Crippen molar-refractivity contribution in [3.63, 3.8) is 0 Å². The molecule has 552 valence electrons. The Morgan fingerprint density at radius 2 is 0.730 bits per heavy atom. The van der Waals surface area contributed by atoms with E-state index in [2.05, 4.69) is 154 Å². The monoisotopic (exact) mass is 1690 g/mol. The first-order chi connectivity index (χ1) is 46.3. The van der Waals surface area contributed by atoms with Gasteiger partial charge in [0.1, 0.15) is 72.1 Å². The normalized spacial score (nSPS) is 27.3. The third-order valence-electron chi connectivity index (χ3n) is 17.0. The second-order valence-corrected chi connectivity index (χ2v) is 48.0. The molecule has 0 spiro atoms. The van der Waals surface area contributed by atoms with Gasteiger partial charge in [-0.05, 0) is 171 Å². The number of ether oxygens (including phenoxy) is 4. The Bertz CT molecular complexity index is 4530. The van der Waals surface area contributed by atoms with Crippen molar-refractivity contribution in [2.75, 3.05) is 78.0 Å². The molecule has 100 heavy (non-hydrogen) atoms. The number of hydrogen-bond acceptors (Lipinski definition) is 24. The molecule has 4 saturated heterocycles. The first kappa shape index (κ1) is 79.9. The van der Waals surface area contributed by atoms with E-state index < -0.39 is 131 Å². The Morgan fingerprint density at radius 1 is 0.440 bits per heavy atom. The minimum atomic E-state index is -1.28. The molecule has 4 aliphatic heterocycles. The van der Waals surface area contributed by atoms with Gasteiger partial charge in [-0.1, -0.05) is 0 Å². The number of H-pyrrole nitrogens is 5. The maximum Gasteiger partial charge on any atom is 0.279 e. The van der Waals surface area contributed by atoms with Crippen LogP contribution in [0.2, 0.25) is 5.28 Å². The quantitative estimate of drug-likeness (QED) is 0.0286. The number of fused-ring (bicyclic) bond motifs is 4. The lowest BCUT2D eigenvalue weighted by Crippen LogP contribution is -2.32. The standard InChI is InChI=1S/C15H22BrN4O4P.C15H22ClN4O4P.C15H22IN4O4P.C15H23N4O4PS/c3*1-7-17-12-9(13(23)18-7)19-15(16)20(12)14-11(22)10(21)8(24-14)5-6-25(2,3)4;1-7-16-12-9(13(22)17-7)18-15(25)19(12)14-11(21)10(20)8(23-14)5-6-24(2,3)4/h3*8,10-11,14,21-22H,2,5-6H2,1,3-4H3,(H,17,18,23);8,10-11,14,20-21H,2,5-6H2,1,3-4H3,(H,18,25)(H,16,17,22)/t4*8-,10-,11-,14?/m1111/s1. The summed E-state index contributed by atoms with van der Waals surface area (Å²) in [6, 6.07) is 0. The van der Waals surface area contributed by atoms with E-state index in [0.29, 0.717) is 74.5 Å². The number of nitrogens with zero attached hydrogens (tertiary/aromatic N) is 11. The maximum absolute atomic E-state index is 12.1. The number of aliphatic hydroxyl groups is 8. The van der Waals surface area contributed by atoms with Crippen molar-refractivity contribution in [2.24, 2.45) is 0 Å². The summed E-state index contributed by atoms with van der Waals surface area (Å²) in [5.74, 6) is 1.69. The van der Waals surface area contributed by atoms with Crippen molar-refractivity contribution in [1.82, 2.24) is 78.1 Å². The van der Waals surface area contributed by atoms with Crippen molar-refractivity contribution >= 4 is 160 Å². The average Bonchev–Trinajstić information content (AvgIpc) is 1.62. The Kier molecular flexibility index (Phi) is 24.9. The molecular formula is C60H89BrClIN16O16P4S. The molecule has 8 aromatic rings. The fourth-order valence-electron chi connectivity index (χ4n) is 11.9. The number of aryl methyl sites for hydroxylation is 4. The lowest BCUT2D eigenvalue weighted by atomic mass is 10.1. The Hall–Kier alpha value is -4.16. The summed E-state index contributed by atoms with van der Waals surface area (Å²) in [5, 5.41) is 83.4. The van der Waals surface area contributed by atoms with E-state index in [1.165, 1.54) is 13.7 Å². The predicted octanol–water partition coefficient (Wildman–Crippen LogP) is 3.27. The summed E-state index contributed by atoms with van der Waals surface area (Å²) in [6.45, 7) is 18.4. The zero-order valence-electron chi connectivity index (χ0n) is 57.3. The number of halogens is 3. The van der Waals surface area contributed by atoms with Crippen LogP contribution in [-0.4, -0.2) is 295 Å². The number of aromatic nitrogens is 16. The molecule has 0 aliphatic carbocycles. The van der Waals surface area contributed by atoms with Gasteiger partial charge in [0.05, 0.1) is 24.4 Å². The number of rotatable bonds is 16. The van der Waals surface area contributed by atoms with E-state index in [9.17, 15) is 60.0 Å². The molecule has 32 nitrogen and oxygen atoms in total. The molecule has 40 heteroatoms. The van der Waals surface area contributed by atoms with Crippen LogP contribution in [0.3, 0.4) is 0 Å². The summed E-state index contributed by atoms with van der Waals surface area (Å²) in [5.41, 5.74) is 0.302. The smallest absolute Gasteiger partial charge is 0.279 e. The van der Waals surface area contributed by atoms with Crippen LogP contribution in [-0.2, 0) is 18.9 Å². The molecule has 0 bridgehead atoms. The van der Waals surface area contributed by atoms with Crippen LogP contribution in [0.25, 0.3) is 44.7 Å². The van der Waals surface area contributed by atoms with Crippen molar-refractivity contribution < 1.29 is 59.8 Å². The highest BCUT2D eigenvalue weighted by atomic mass is 127. The van der Waals surface area contributed by atoms with E-state index in [4.69, 9.17) is 42.8 Å². The number of aromatic amines is 5. The first-order valence-electron chi connectivity index (χ1n) is 31.7. The molecule has 0 saturated carbocycles. The highest BCUT2D eigenvalue weighted by Crippen LogP contribution is 2.45.